The Morgan fingerprint density at radius 1 is 0.829 bits per heavy atom. The molecule has 0 saturated carbocycles. The lowest BCUT2D eigenvalue weighted by atomic mass is 10.0. The van der Waals surface area contributed by atoms with E-state index in [9.17, 15) is 31.1 Å². The van der Waals surface area contributed by atoms with Gasteiger partial charge in [0, 0.05) is 11.6 Å². The fourth-order valence-corrected chi connectivity index (χ4v) is 3.58. The smallest absolute Gasteiger partial charge is 0.306 e. The summed E-state index contributed by atoms with van der Waals surface area (Å²) in [4.78, 5) is 12.9. The SMILES string of the molecule is O=C(Nc1cc(-c2ccccc2)nn1-c1ccccc1Cl)c1ccc(C(F)(F)F)cc1C(F)(F)F. The van der Waals surface area contributed by atoms with Gasteiger partial charge in [-0.1, -0.05) is 54.1 Å². The summed E-state index contributed by atoms with van der Waals surface area (Å²) in [5.41, 5.74) is -2.84. The van der Waals surface area contributed by atoms with E-state index in [2.05, 4.69) is 10.4 Å². The molecule has 3 aromatic carbocycles. The molecule has 1 aromatic heterocycles. The van der Waals surface area contributed by atoms with E-state index in [1.807, 2.05) is 0 Å². The largest absolute Gasteiger partial charge is 0.417 e. The predicted molar refractivity (Wildman–Crippen MR) is 118 cm³/mol. The molecule has 0 unspecified atom stereocenters. The van der Waals surface area contributed by atoms with Crippen LogP contribution in [-0.4, -0.2) is 15.7 Å². The molecule has 0 spiro atoms. The van der Waals surface area contributed by atoms with Crippen molar-refractivity contribution in [2.24, 2.45) is 0 Å². The number of para-hydroxylation sites is 1. The quantitative estimate of drug-likeness (QED) is 0.290. The third-order valence-electron chi connectivity index (χ3n) is 5.00. The summed E-state index contributed by atoms with van der Waals surface area (Å²) < 4.78 is 80.9. The number of nitrogens with zero attached hydrogens (tertiary/aromatic N) is 2. The van der Waals surface area contributed by atoms with E-state index in [4.69, 9.17) is 11.6 Å². The topological polar surface area (TPSA) is 46.9 Å². The summed E-state index contributed by atoms with van der Waals surface area (Å²) >= 11 is 6.26. The molecular weight excluding hydrogens is 496 g/mol. The average molecular weight is 510 g/mol. The number of alkyl halides is 6. The molecule has 0 saturated heterocycles. The Hall–Kier alpha value is -3.79. The molecular formula is C24H14ClF6N3O. The van der Waals surface area contributed by atoms with Crippen LogP contribution in [0.2, 0.25) is 5.02 Å². The molecule has 4 aromatic rings. The Bertz CT molecular complexity index is 1380. The second-order valence-corrected chi connectivity index (χ2v) is 7.76. The number of amides is 1. The standard InChI is InChI=1S/C24H14ClF6N3O/c25-18-8-4-5-9-20(18)34-21(13-19(33-34)14-6-2-1-3-7-14)32-22(35)16-11-10-15(23(26,27)28)12-17(16)24(29,30)31/h1-13H,(H,32,35). The Morgan fingerprint density at radius 3 is 2.11 bits per heavy atom. The van der Waals surface area contributed by atoms with E-state index in [1.54, 1.807) is 54.6 Å². The van der Waals surface area contributed by atoms with E-state index in [0.29, 0.717) is 29.1 Å². The Balaban J connectivity index is 1.80. The maximum absolute atomic E-state index is 13.6. The van der Waals surface area contributed by atoms with E-state index < -0.39 is 35.0 Å². The first kappa shape index (κ1) is 24.3. The third-order valence-corrected chi connectivity index (χ3v) is 5.32. The number of benzene rings is 3. The van der Waals surface area contributed by atoms with Gasteiger partial charge in [0.25, 0.3) is 5.91 Å². The molecule has 0 aliphatic carbocycles. The molecule has 35 heavy (non-hydrogen) atoms. The van der Waals surface area contributed by atoms with Gasteiger partial charge < -0.3 is 5.32 Å². The minimum atomic E-state index is -5.20. The van der Waals surface area contributed by atoms with Crippen molar-refractivity contribution in [2.75, 3.05) is 5.32 Å². The fraction of sp³-hybridized carbons (Fsp3) is 0.0833. The van der Waals surface area contributed by atoms with Gasteiger partial charge in [0.1, 0.15) is 5.82 Å². The van der Waals surface area contributed by atoms with Crippen molar-refractivity contribution in [3.63, 3.8) is 0 Å². The van der Waals surface area contributed by atoms with Crippen LogP contribution in [-0.2, 0) is 12.4 Å². The predicted octanol–water partition coefficient (Wildman–Crippen LogP) is 7.48. The minimum Gasteiger partial charge on any atom is -0.306 e. The Kier molecular flexibility index (Phi) is 6.33. The summed E-state index contributed by atoms with van der Waals surface area (Å²) in [6, 6.07) is 17.5. The normalized spacial score (nSPS) is 12.0. The summed E-state index contributed by atoms with van der Waals surface area (Å²) in [5, 5.41) is 7.00. The molecule has 4 rings (SSSR count). The molecule has 11 heteroatoms. The average Bonchev–Trinajstić information content (AvgIpc) is 3.22. The van der Waals surface area contributed by atoms with Gasteiger partial charge in [-0.2, -0.15) is 31.4 Å². The van der Waals surface area contributed by atoms with Crippen LogP contribution in [0.15, 0.2) is 78.9 Å². The van der Waals surface area contributed by atoms with Gasteiger partial charge >= 0.3 is 12.4 Å². The molecule has 0 atom stereocenters. The summed E-state index contributed by atoms with van der Waals surface area (Å²) in [6.07, 6.45) is -10.2. The van der Waals surface area contributed by atoms with Gasteiger partial charge in [0.2, 0.25) is 0 Å². The molecule has 0 aliphatic rings. The first-order valence-corrected chi connectivity index (χ1v) is 10.3. The van der Waals surface area contributed by atoms with Gasteiger partial charge in [-0.3, -0.25) is 4.79 Å². The van der Waals surface area contributed by atoms with Crippen molar-refractivity contribution >= 4 is 23.3 Å². The number of nitrogens with one attached hydrogen (secondary N) is 1. The van der Waals surface area contributed by atoms with Crippen LogP contribution in [0.25, 0.3) is 16.9 Å². The highest BCUT2D eigenvalue weighted by atomic mass is 35.5. The highest BCUT2D eigenvalue weighted by Gasteiger charge is 2.39. The van der Waals surface area contributed by atoms with Crippen molar-refractivity contribution in [3.05, 3.63) is 101 Å². The first-order chi connectivity index (χ1) is 16.4. The number of rotatable bonds is 4. The van der Waals surface area contributed by atoms with Crippen molar-refractivity contribution in [2.45, 2.75) is 12.4 Å². The lowest BCUT2D eigenvalue weighted by Crippen LogP contribution is -2.21. The molecule has 180 valence electrons. The first-order valence-electron chi connectivity index (χ1n) is 9.95. The van der Waals surface area contributed by atoms with E-state index >= 15 is 0 Å². The van der Waals surface area contributed by atoms with Gasteiger partial charge in [-0.25, -0.2) is 4.68 Å². The fourth-order valence-electron chi connectivity index (χ4n) is 3.36. The zero-order chi connectivity index (χ0) is 25.4. The monoisotopic (exact) mass is 509 g/mol. The lowest BCUT2D eigenvalue weighted by molar-refractivity contribution is -0.143. The third kappa shape index (κ3) is 5.17. The maximum Gasteiger partial charge on any atom is 0.417 e. The molecule has 0 fully saturated rings. The number of aromatic nitrogens is 2. The summed E-state index contributed by atoms with van der Waals surface area (Å²) in [7, 11) is 0. The Labute approximate surface area is 199 Å². The second-order valence-electron chi connectivity index (χ2n) is 7.35. The molecule has 0 radical (unpaired) electrons. The van der Waals surface area contributed by atoms with Crippen LogP contribution < -0.4 is 5.32 Å². The number of carbonyl (C=O) groups is 1. The summed E-state index contributed by atoms with van der Waals surface area (Å²) in [5.74, 6) is -1.30. The molecule has 1 N–H and O–H groups in total. The molecule has 4 nitrogen and oxygen atoms in total. The van der Waals surface area contributed by atoms with E-state index in [0.717, 1.165) is 0 Å². The molecule has 0 aliphatic heterocycles. The number of carbonyl (C=O) groups excluding carboxylic acids is 1. The van der Waals surface area contributed by atoms with Crippen LogP contribution in [0, 0.1) is 0 Å². The van der Waals surface area contributed by atoms with Gasteiger partial charge in [-0.15, -0.1) is 0 Å². The highest BCUT2D eigenvalue weighted by molar-refractivity contribution is 6.32. The number of anilines is 1. The van der Waals surface area contributed by atoms with Gasteiger partial charge in [0.05, 0.1) is 33.1 Å². The zero-order valence-electron chi connectivity index (χ0n) is 17.5. The highest BCUT2D eigenvalue weighted by Crippen LogP contribution is 2.38. The van der Waals surface area contributed by atoms with Crippen LogP contribution in [0.3, 0.4) is 0 Å². The van der Waals surface area contributed by atoms with Crippen LogP contribution >= 0.6 is 11.6 Å². The second kappa shape index (κ2) is 9.10. The minimum absolute atomic E-state index is 0.0324. The van der Waals surface area contributed by atoms with Crippen LogP contribution in [0.5, 0.6) is 0 Å². The van der Waals surface area contributed by atoms with Gasteiger partial charge in [0.15, 0.2) is 0 Å². The van der Waals surface area contributed by atoms with E-state index in [-0.39, 0.29) is 16.9 Å². The van der Waals surface area contributed by atoms with Crippen molar-refractivity contribution < 1.29 is 31.1 Å². The molecule has 1 heterocycles. The zero-order valence-corrected chi connectivity index (χ0v) is 18.2. The lowest BCUT2D eigenvalue weighted by Gasteiger charge is -2.16. The van der Waals surface area contributed by atoms with Crippen molar-refractivity contribution in [1.82, 2.24) is 9.78 Å². The van der Waals surface area contributed by atoms with Crippen LogP contribution in [0.4, 0.5) is 32.2 Å². The molecule has 0 bridgehead atoms. The Morgan fingerprint density at radius 2 is 1.49 bits per heavy atom. The maximum atomic E-state index is 13.6. The summed E-state index contributed by atoms with van der Waals surface area (Å²) in [6.45, 7) is 0. The van der Waals surface area contributed by atoms with Crippen molar-refractivity contribution in [3.8, 4) is 16.9 Å². The van der Waals surface area contributed by atoms with Crippen LogP contribution in [0.1, 0.15) is 21.5 Å². The number of hydrogen-bond acceptors (Lipinski definition) is 2. The van der Waals surface area contributed by atoms with Gasteiger partial charge in [-0.05, 0) is 30.3 Å². The van der Waals surface area contributed by atoms with Crippen molar-refractivity contribution in [1.29, 1.82) is 0 Å². The number of hydrogen-bond donors (Lipinski definition) is 1. The molecule has 1 amide bonds. The number of halogens is 7. The van der Waals surface area contributed by atoms with E-state index in [1.165, 1.54) is 10.7 Å².